The van der Waals surface area contributed by atoms with Crippen molar-refractivity contribution >= 4 is 6.03 Å². The molecule has 6 nitrogen and oxygen atoms in total. The van der Waals surface area contributed by atoms with Crippen LogP contribution in [0.4, 0.5) is 4.79 Å². The maximum absolute atomic E-state index is 11.7. The zero-order chi connectivity index (χ0) is 13.4. The molecule has 2 amide bonds. The van der Waals surface area contributed by atoms with Crippen molar-refractivity contribution in [2.45, 2.75) is 38.3 Å². The molecule has 0 aromatic rings. The monoisotopic (exact) mass is 259 g/mol. The van der Waals surface area contributed by atoms with Gasteiger partial charge in [-0.1, -0.05) is 19.8 Å². The van der Waals surface area contributed by atoms with Crippen LogP contribution in [0.5, 0.6) is 0 Å². The summed E-state index contributed by atoms with van der Waals surface area (Å²) in [6.45, 7) is 4.64. The van der Waals surface area contributed by atoms with Crippen molar-refractivity contribution in [1.82, 2.24) is 10.2 Å². The van der Waals surface area contributed by atoms with Crippen LogP contribution in [-0.4, -0.2) is 61.0 Å². The van der Waals surface area contributed by atoms with Gasteiger partial charge in [-0.15, -0.1) is 0 Å². The van der Waals surface area contributed by atoms with Gasteiger partial charge in [0.2, 0.25) is 0 Å². The largest absolute Gasteiger partial charge is 0.390 e. The first-order valence-corrected chi connectivity index (χ1v) is 6.69. The van der Waals surface area contributed by atoms with Gasteiger partial charge in [0.05, 0.1) is 19.3 Å². The van der Waals surface area contributed by atoms with Crippen molar-refractivity contribution in [3.63, 3.8) is 0 Å². The third-order valence-electron chi connectivity index (χ3n) is 3.15. The number of aliphatic hydroxyl groups is 1. The maximum atomic E-state index is 11.7. The lowest BCUT2D eigenvalue weighted by atomic mass is 10.1. The first kappa shape index (κ1) is 15.2. The zero-order valence-electron chi connectivity index (χ0n) is 11.1. The topological polar surface area (TPSA) is 87.8 Å². The molecule has 1 aliphatic rings. The summed E-state index contributed by atoms with van der Waals surface area (Å²) >= 11 is 0. The molecular formula is C12H25N3O3. The van der Waals surface area contributed by atoms with E-state index in [0.29, 0.717) is 26.3 Å². The summed E-state index contributed by atoms with van der Waals surface area (Å²) in [5.74, 6) is 0. The third-order valence-corrected chi connectivity index (χ3v) is 3.15. The Bertz CT molecular complexity index is 245. The van der Waals surface area contributed by atoms with E-state index in [2.05, 4.69) is 12.2 Å². The SMILES string of the molecule is CCCC[C@H](N)C(O)CNC(=O)N1CCOCC1. The summed E-state index contributed by atoms with van der Waals surface area (Å²) < 4.78 is 5.17. The highest BCUT2D eigenvalue weighted by molar-refractivity contribution is 5.74. The second kappa shape index (κ2) is 8.29. The third kappa shape index (κ3) is 5.20. The first-order chi connectivity index (χ1) is 8.65. The van der Waals surface area contributed by atoms with Crippen molar-refractivity contribution in [1.29, 1.82) is 0 Å². The molecule has 1 saturated heterocycles. The number of urea groups is 1. The minimum Gasteiger partial charge on any atom is -0.390 e. The van der Waals surface area contributed by atoms with Gasteiger partial charge >= 0.3 is 6.03 Å². The molecular weight excluding hydrogens is 234 g/mol. The fraction of sp³-hybridized carbons (Fsp3) is 0.917. The van der Waals surface area contributed by atoms with E-state index in [1.54, 1.807) is 4.90 Å². The Morgan fingerprint density at radius 1 is 1.50 bits per heavy atom. The van der Waals surface area contributed by atoms with E-state index in [1.807, 2.05) is 0 Å². The number of morpholine rings is 1. The molecule has 0 aliphatic carbocycles. The number of carbonyl (C=O) groups is 1. The molecule has 6 heteroatoms. The highest BCUT2D eigenvalue weighted by Crippen LogP contribution is 2.02. The van der Waals surface area contributed by atoms with Crippen molar-refractivity contribution in [2.24, 2.45) is 5.73 Å². The van der Waals surface area contributed by atoms with E-state index in [0.717, 1.165) is 19.3 Å². The molecule has 1 rings (SSSR count). The van der Waals surface area contributed by atoms with Gasteiger partial charge in [-0.05, 0) is 6.42 Å². The molecule has 1 fully saturated rings. The number of carbonyl (C=O) groups excluding carboxylic acids is 1. The molecule has 1 unspecified atom stereocenters. The summed E-state index contributed by atoms with van der Waals surface area (Å²) in [4.78, 5) is 13.4. The van der Waals surface area contributed by atoms with Crippen LogP contribution in [-0.2, 0) is 4.74 Å². The minimum atomic E-state index is -0.679. The molecule has 0 saturated carbocycles. The fourth-order valence-electron chi connectivity index (χ4n) is 1.85. The molecule has 1 aliphatic heterocycles. The number of unbranched alkanes of at least 4 members (excludes halogenated alkanes) is 1. The van der Waals surface area contributed by atoms with E-state index < -0.39 is 6.10 Å². The predicted octanol–water partition coefficient (Wildman–Crippen LogP) is -0.0934. The van der Waals surface area contributed by atoms with Gasteiger partial charge in [-0.25, -0.2) is 4.79 Å². The Hall–Kier alpha value is -0.850. The molecule has 1 heterocycles. The van der Waals surface area contributed by atoms with E-state index in [-0.39, 0.29) is 18.6 Å². The molecule has 0 bridgehead atoms. The Morgan fingerprint density at radius 3 is 2.78 bits per heavy atom. The lowest BCUT2D eigenvalue weighted by Crippen LogP contribution is -2.50. The van der Waals surface area contributed by atoms with Gasteiger partial charge in [0.1, 0.15) is 0 Å². The number of ether oxygens (including phenoxy) is 1. The number of aliphatic hydroxyl groups excluding tert-OH is 1. The van der Waals surface area contributed by atoms with Crippen LogP contribution in [0.2, 0.25) is 0 Å². The Balaban J connectivity index is 2.20. The summed E-state index contributed by atoms with van der Waals surface area (Å²) in [5, 5.41) is 12.5. The van der Waals surface area contributed by atoms with Crippen molar-refractivity contribution in [3.05, 3.63) is 0 Å². The maximum Gasteiger partial charge on any atom is 0.317 e. The van der Waals surface area contributed by atoms with E-state index in [4.69, 9.17) is 10.5 Å². The molecule has 18 heavy (non-hydrogen) atoms. The average molecular weight is 259 g/mol. The molecule has 0 aromatic heterocycles. The number of hydrogen-bond acceptors (Lipinski definition) is 4. The molecule has 4 N–H and O–H groups in total. The summed E-state index contributed by atoms with van der Waals surface area (Å²) in [5.41, 5.74) is 5.83. The summed E-state index contributed by atoms with van der Waals surface area (Å²) in [6, 6.07) is -0.421. The van der Waals surface area contributed by atoms with Gasteiger partial charge in [-0.3, -0.25) is 0 Å². The highest BCUT2D eigenvalue weighted by Gasteiger charge is 2.19. The van der Waals surface area contributed by atoms with Crippen LogP contribution < -0.4 is 11.1 Å². The summed E-state index contributed by atoms with van der Waals surface area (Å²) in [7, 11) is 0. The van der Waals surface area contributed by atoms with Gasteiger partial charge in [0, 0.05) is 25.7 Å². The van der Waals surface area contributed by atoms with Crippen LogP contribution in [0.15, 0.2) is 0 Å². The second-order valence-corrected chi connectivity index (χ2v) is 4.66. The number of hydrogen-bond donors (Lipinski definition) is 3. The first-order valence-electron chi connectivity index (χ1n) is 6.69. The fourth-order valence-corrected chi connectivity index (χ4v) is 1.85. The Labute approximate surface area is 108 Å². The normalized spacial score (nSPS) is 19.4. The van der Waals surface area contributed by atoms with Crippen LogP contribution in [0.1, 0.15) is 26.2 Å². The van der Waals surface area contributed by atoms with Crippen LogP contribution >= 0.6 is 0 Å². The molecule has 0 aromatic carbocycles. The van der Waals surface area contributed by atoms with Crippen LogP contribution in [0.25, 0.3) is 0 Å². The summed E-state index contributed by atoms with van der Waals surface area (Å²) in [6.07, 6.45) is 2.16. The van der Waals surface area contributed by atoms with Gasteiger partial charge in [-0.2, -0.15) is 0 Å². The van der Waals surface area contributed by atoms with Gasteiger partial charge in [0.15, 0.2) is 0 Å². The molecule has 106 valence electrons. The van der Waals surface area contributed by atoms with Crippen molar-refractivity contribution < 1.29 is 14.6 Å². The number of nitrogens with one attached hydrogen (secondary N) is 1. The van der Waals surface area contributed by atoms with E-state index >= 15 is 0 Å². The number of nitrogens with two attached hydrogens (primary N) is 1. The van der Waals surface area contributed by atoms with Crippen molar-refractivity contribution in [2.75, 3.05) is 32.8 Å². The molecule has 0 spiro atoms. The van der Waals surface area contributed by atoms with E-state index in [9.17, 15) is 9.90 Å². The number of amides is 2. The Kier molecular flexibility index (Phi) is 7.00. The standard InChI is InChI=1S/C12H25N3O3/c1-2-3-4-10(13)11(16)9-14-12(17)15-5-7-18-8-6-15/h10-11,16H,2-9,13H2,1H3,(H,14,17)/t10-,11?/m0/s1. The highest BCUT2D eigenvalue weighted by atomic mass is 16.5. The molecule has 2 atom stereocenters. The van der Waals surface area contributed by atoms with E-state index in [1.165, 1.54) is 0 Å². The predicted molar refractivity (Wildman–Crippen MR) is 69.3 cm³/mol. The number of rotatable bonds is 6. The number of nitrogens with zero attached hydrogens (tertiary/aromatic N) is 1. The van der Waals surface area contributed by atoms with Crippen LogP contribution in [0, 0.1) is 0 Å². The lowest BCUT2D eigenvalue weighted by Gasteiger charge is -2.28. The van der Waals surface area contributed by atoms with Crippen LogP contribution in [0.3, 0.4) is 0 Å². The van der Waals surface area contributed by atoms with Gasteiger partial charge in [0.25, 0.3) is 0 Å². The molecule has 0 radical (unpaired) electrons. The lowest BCUT2D eigenvalue weighted by molar-refractivity contribution is 0.0517. The van der Waals surface area contributed by atoms with Gasteiger partial charge < -0.3 is 25.8 Å². The smallest absolute Gasteiger partial charge is 0.317 e. The van der Waals surface area contributed by atoms with Crippen molar-refractivity contribution in [3.8, 4) is 0 Å². The Morgan fingerprint density at radius 2 is 2.17 bits per heavy atom. The zero-order valence-corrected chi connectivity index (χ0v) is 11.1. The minimum absolute atomic E-state index is 0.153. The quantitative estimate of drug-likeness (QED) is 0.622. The second-order valence-electron chi connectivity index (χ2n) is 4.66. The average Bonchev–Trinajstić information content (AvgIpc) is 2.42.